The number of aryl methyl sites for hydroxylation is 1. The van der Waals surface area contributed by atoms with E-state index < -0.39 is 17.9 Å². The summed E-state index contributed by atoms with van der Waals surface area (Å²) in [6.07, 6.45) is 0. The molecule has 0 aliphatic rings. The molecule has 0 radical (unpaired) electrons. The smallest absolute Gasteiger partial charge is 0.288 e. The lowest BCUT2D eigenvalue weighted by Gasteiger charge is -2.15. The number of halogens is 1. The number of fused-ring (bicyclic) bond motifs is 1. The normalized spacial score (nSPS) is 12.1. The van der Waals surface area contributed by atoms with Gasteiger partial charge in [0.05, 0.1) is 5.02 Å². The maximum atomic E-state index is 12.6. The number of primary amides is 1. The molecule has 1 atom stereocenters. The molecule has 24 heavy (non-hydrogen) atoms. The Balaban J connectivity index is 1.96. The van der Waals surface area contributed by atoms with Crippen LogP contribution in [0.25, 0.3) is 11.0 Å². The average molecular weight is 343 g/mol. The SMILES string of the molecule is Cc1c(C(=O)N[C@@H](C(N)=O)c2ccccc2)oc2c(Cl)cccc12. The predicted molar refractivity (Wildman–Crippen MR) is 91.8 cm³/mol. The summed E-state index contributed by atoms with van der Waals surface area (Å²) in [5.74, 6) is -1.06. The van der Waals surface area contributed by atoms with Crippen molar-refractivity contribution in [1.82, 2.24) is 5.32 Å². The van der Waals surface area contributed by atoms with Crippen LogP contribution < -0.4 is 11.1 Å². The molecule has 3 N–H and O–H groups in total. The van der Waals surface area contributed by atoms with Crippen LogP contribution in [-0.2, 0) is 4.79 Å². The van der Waals surface area contributed by atoms with Gasteiger partial charge in [-0.2, -0.15) is 0 Å². The minimum absolute atomic E-state index is 0.111. The summed E-state index contributed by atoms with van der Waals surface area (Å²) in [6, 6.07) is 13.1. The molecule has 0 bridgehead atoms. The second-order valence-corrected chi connectivity index (χ2v) is 5.80. The van der Waals surface area contributed by atoms with Crippen LogP contribution in [0.5, 0.6) is 0 Å². The number of hydrogen-bond donors (Lipinski definition) is 2. The zero-order chi connectivity index (χ0) is 17.3. The highest BCUT2D eigenvalue weighted by Crippen LogP contribution is 2.30. The van der Waals surface area contributed by atoms with Crippen LogP contribution in [0.3, 0.4) is 0 Å². The summed E-state index contributed by atoms with van der Waals surface area (Å²) >= 11 is 6.10. The molecule has 6 heteroatoms. The Kier molecular flexibility index (Phi) is 4.27. The topological polar surface area (TPSA) is 85.3 Å². The summed E-state index contributed by atoms with van der Waals surface area (Å²) < 4.78 is 5.61. The van der Waals surface area contributed by atoms with Crippen molar-refractivity contribution in [2.24, 2.45) is 5.73 Å². The van der Waals surface area contributed by atoms with Crippen molar-refractivity contribution in [3.8, 4) is 0 Å². The maximum absolute atomic E-state index is 12.6. The monoisotopic (exact) mass is 342 g/mol. The second-order valence-electron chi connectivity index (χ2n) is 5.39. The number of rotatable bonds is 4. The van der Waals surface area contributed by atoms with Gasteiger partial charge >= 0.3 is 0 Å². The van der Waals surface area contributed by atoms with Gasteiger partial charge in [0.2, 0.25) is 5.91 Å². The molecule has 1 aromatic heterocycles. The molecule has 0 aliphatic carbocycles. The van der Waals surface area contributed by atoms with E-state index in [0.717, 1.165) is 5.39 Å². The number of amides is 2. The Morgan fingerprint density at radius 3 is 2.46 bits per heavy atom. The van der Waals surface area contributed by atoms with E-state index in [1.807, 2.05) is 12.1 Å². The van der Waals surface area contributed by atoms with Crippen molar-refractivity contribution in [1.29, 1.82) is 0 Å². The van der Waals surface area contributed by atoms with Gasteiger partial charge in [0.15, 0.2) is 11.3 Å². The first-order chi connectivity index (χ1) is 11.5. The Hall–Kier alpha value is -2.79. The number of furan rings is 1. The van der Waals surface area contributed by atoms with E-state index >= 15 is 0 Å². The minimum Gasteiger partial charge on any atom is -0.449 e. The molecule has 0 spiro atoms. The highest BCUT2D eigenvalue weighted by molar-refractivity contribution is 6.35. The molecule has 0 unspecified atom stereocenters. The largest absolute Gasteiger partial charge is 0.449 e. The van der Waals surface area contributed by atoms with Gasteiger partial charge in [0, 0.05) is 10.9 Å². The molecule has 5 nitrogen and oxygen atoms in total. The number of benzene rings is 2. The van der Waals surface area contributed by atoms with Crippen molar-refractivity contribution in [2.75, 3.05) is 0 Å². The van der Waals surface area contributed by atoms with Gasteiger partial charge in [-0.05, 0) is 18.6 Å². The summed E-state index contributed by atoms with van der Waals surface area (Å²) in [5.41, 5.74) is 7.12. The van der Waals surface area contributed by atoms with Crippen molar-refractivity contribution >= 4 is 34.4 Å². The standard InChI is InChI=1S/C18H15ClN2O3/c1-10-12-8-5-9-13(19)16(12)24-15(10)18(23)21-14(17(20)22)11-6-3-2-4-7-11/h2-9,14H,1H3,(H2,20,22)(H,21,23)/t14-/m1/s1. The van der Waals surface area contributed by atoms with E-state index in [9.17, 15) is 9.59 Å². The summed E-state index contributed by atoms with van der Waals surface area (Å²) in [6.45, 7) is 1.76. The zero-order valence-electron chi connectivity index (χ0n) is 12.9. The lowest BCUT2D eigenvalue weighted by molar-refractivity contribution is -0.120. The van der Waals surface area contributed by atoms with Crippen molar-refractivity contribution < 1.29 is 14.0 Å². The van der Waals surface area contributed by atoms with Gasteiger partial charge < -0.3 is 15.5 Å². The van der Waals surface area contributed by atoms with Crippen LogP contribution in [0, 0.1) is 6.92 Å². The Morgan fingerprint density at radius 1 is 1.12 bits per heavy atom. The number of para-hydroxylation sites is 1. The molecule has 0 saturated heterocycles. The van der Waals surface area contributed by atoms with Gasteiger partial charge in [-0.25, -0.2) is 0 Å². The predicted octanol–water partition coefficient (Wildman–Crippen LogP) is 3.35. The van der Waals surface area contributed by atoms with Gasteiger partial charge in [-0.3, -0.25) is 9.59 Å². The van der Waals surface area contributed by atoms with Crippen molar-refractivity contribution in [3.05, 3.63) is 70.4 Å². The quantitative estimate of drug-likeness (QED) is 0.762. The number of hydrogen-bond acceptors (Lipinski definition) is 3. The maximum Gasteiger partial charge on any atom is 0.288 e. The first-order valence-corrected chi connectivity index (χ1v) is 7.69. The van der Waals surface area contributed by atoms with Gasteiger partial charge in [0.1, 0.15) is 6.04 Å². The number of carbonyl (C=O) groups is 2. The Labute approximate surface area is 143 Å². The molecule has 2 aromatic carbocycles. The van der Waals surface area contributed by atoms with Crippen LogP contribution in [0.15, 0.2) is 52.9 Å². The first kappa shape index (κ1) is 16.1. The molecule has 0 aliphatic heterocycles. The van der Waals surface area contributed by atoms with E-state index in [1.165, 1.54) is 0 Å². The fourth-order valence-corrected chi connectivity index (χ4v) is 2.80. The van der Waals surface area contributed by atoms with Gasteiger partial charge in [0.25, 0.3) is 5.91 Å². The van der Waals surface area contributed by atoms with Crippen LogP contribution in [0.2, 0.25) is 5.02 Å². The molecule has 0 saturated carbocycles. The summed E-state index contributed by atoms with van der Waals surface area (Å²) in [4.78, 5) is 24.3. The van der Waals surface area contributed by atoms with E-state index in [1.54, 1.807) is 43.3 Å². The fourth-order valence-electron chi connectivity index (χ4n) is 2.59. The first-order valence-electron chi connectivity index (χ1n) is 7.31. The van der Waals surface area contributed by atoms with Crippen LogP contribution in [-0.4, -0.2) is 11.8 Å². The average Bonchev–Trinajstić information content (AvgIpc) is 2.92. The molecular formula is C18H15ClN2O3. The lowest BCUT2D eigenvalue weighted by atomic mass is 10.1. The van der Waals surface area contributed by atoms with Crippen LogP contribution >= 0.6 is 11.6 Å². The highest BCUT2D eigenvalue weighted by Gasteiger charge is 2.25. The lowest BCUT2D eigenvalue weighted by Crippen LogP contribution is -2.37. The second kappa shape index (κ2) is 6.37. The Morgan fingerprint density at radius 2 is 1.83 bits per heavy atom. The van der Waals surface area contributed by atoms with Crippen LogP contribution in [0.4, 0.5) is 0 Å². The van der Waals surface area contributed by atoms with Gasteiger partial charge in [-0.1, -0.05) is 54.1 Å². The fraction of sp³-hybridized carbons (Fsp3) is 0.111. The van der Waals surface area contributed by atoms with Crippen molar-refractivity contribution in [2.45, 2.75) is 13.0 Å². The van der Waals surface area contributed by atoms with E-state index in [4.69, 9.17) is 21.8 Å². The summed E-state index contributed by atoms with van der Waals surface area (Å²) in [5, 5.41) is 3.79. The zero-order valence-corrected chi connectivity index (χ0v) is 13.6. The third-order valence-electron chi connectivity index (χ3n) is 3.81. The molecule has 3 rings (SSSR count). The van der Waals surface area contributed by atoms with E-state index in [2.05, 4.69) is 5.32 Å². The number of nitrogens with one attached hydrogen (secondary N) is 1. The molecule has 2 amide bonds. The highest BCUT2D eigenvalue weighted by atomic mass is 35.5. The molecule has 3 aromatic rings. The van der Waals surface area contributed by atoms with Crippen molar-refractivity contribution in [3.63, 3.8) is 0 Å². The third kappa shape index (κ3) is 2.86. The number of nitrogens with two attached hydrogens (primary N) is 1. The Bertz CT molecular complexity index is 919. The van der Waals surface area contributed by atoms with Crippen LogP contribution in [0.1, 0.15) is 27.7 Å². The minimum atomic E-state index is -0.943. The van der Waals surface area contributed by atoms with E-state index in [0.29, 0.717) is 21.7 Å². The van der Waals surface area contributed by atoms with Gasteiger partial charge in [-0.15, -0.1) is 0 Å². The molecule has 1 heterocycles. The molecular weight excluding hydrogens is 328 g/mol. The summed E-state index contributed by atoms with van der Waals surface area (Å²) in [7, 11) is 0. The number of carbonyl (C=O) groups excluding carboxylic acids is 2. The molecule has 122 valence electrons. The third-order valence-corrected chi connectivity index (χ3v) is 4.11. The molecule has 0 fully saturated rings. The van der Waals surface area contributed by atoms with E-state index in [-0.39, 0.29) is 5.76 Å².